The van der Waals surface area contributed by atoms with Gasteiger partial charge in [0.05, 0.1) is 17.4 Å². The Bertz CT molecular complexity index is 475. The average Bonchev–Trinajstić information content (AvgIpc) is 2.92. The summed E-state index contributed by atoms with van der Waals surface area (Å²) in [5.41, 5.74) is 1.70. The monoisotopic (exact) mass is 274 g/mol. The molecule has 0 radical (unpaired) electrons. The lowest BCUT2D eigenvalue weighted by Gasteiger charge is -2.11. The van der Waals surface area contributed by atoms with Gasteiger partial charge in [0.1, 0.15) is 0 Å². The molecule has 1 aromatic carbocycles. The maximum Gasteiger partial charge on any atom is 0.230 e. The van der Waals surface area contributed by atoms with E-state index in [1.807, 2.05) is 24.3 Å². The van der Waals surface area contributed by atoms with E-state index < -0.39 is 0 Å². The van der Waals surface area contributed by atoms with E-state index in [9.17, 15) is 4.79 Å². The molecule has 0 spiro atoms. The molecule has 0 unspecified atom stereocenters. The van der Waals surface area contributed by atoms with Crippen LogP contribution in [0, 0.1) is 11.3 Å². The Labute approximate surface area is 118 Å². The molecule has 4 heteroatoms. The number of hydrogen-bond donors (Lipinski definition) is 1. The highest BCUT2D eigenvalue weighted by Crippen LogP contribution is 2.19. The number of benzene rings is 1. The van der Waals surface area contributed by atoms with Gasteiger partial charge in [-0.25, -0.2) is 0 Å². The highest BCUT2D eigenvalue weighted by Gasteiger charge is 2.16. The van der Waals surface area contributed by atoms with Gasteiger partial charge < -0.3 is 5.32 Å². The van der Waals surface area contributed by atoms with Crippen LogP contribution in [-0.4, -0.2) is 17.7 Å². The molecule has 1 aliphatic carbocycles. The maximum absolute atomic E-state index is 11.7. The number of rotatable bonds is 5. The van der Waals surface area contributed by atoms with Gasteiger partial charge >= 0.3 is 0 Å². The topological polar surface area (TPSA) is 52.9 Å². The molecule has 100 valence electrons. The van der Waals surface area contributed by atoms with E-state index in [0.29, 0.717) is 23.1 Å². The molecule has 0 saturated heterocycles. The third kappa shape index (κ3) is 4.29. The number of nitriles is 1. The zero-order valence-electron chi connectivity index (χ0n) is 10.9. The minimum atomic E-state index is 0.117. The van der Waals surface area contributed by atoms with Crippen LogP contribution in [0.1, 0.15) is 36.8 Å². The molecule has 0 aliphatic heterocycles. The number of hydrogen-bond acceptors (Lipinski definition) is 3. The SMILES string of the molecule is N#Cc1ccccc1CSCC(=O)NC1CCCC1. The standard InChI is InChI=1S/C15H18N2OS/c16-9-12-5-1-2-6-13(12)10-19-11-15(18)17-14-7-3-4-8-14/h1-2,5-6,14H,3-4,7-8,10-11H2,(H,17,18). The van der Waals surface area contributed by atoms with Gasteiger partial charge in [-0.1, -0.05) is 31.0 Å². The highest BCUT2D eigenvalue weighted by molar-refractivity contribution is 7.99. The van der Waals surface area contributed by atoms with Gasteiger partial charge in [-0.15, -0.1) is 11.8 Å². The lowest BCUT2D eigenvalue weighted by Crippen LogP contribution is -2.33. The van der Waals surface area contributed by atoms with Crippen molar-refractivity contribution in [2.45, 2.75) is 37.5 Å². The van der Waals surface area contributed by atoms with E-state index in [4.69, 9.17) is 5.26 Å². The van der Waals surface area contributed by atoms with Gasteiger partial charge in [-0.3, -0.25) is 4.79 Å². The molecule has 1 aliphatic rings. The van der Waals surface area contributed by atoms with Crippen LogP contribution in [0.15, 0.2) is 24.3 Å². The van der Waals surface area contributed by atoms with E-state index in [1.54, 1.807) is 11.8 Å². The zero-order valence-corrected chi connectivity index (χ0v) is 11.7. The molecule has 1 aromatic rings. The summed E-state index contributed by atoms with van der Waals surface area (Å²) in [6.45, 7) is 0. The molecule has 0 heterocycles. The van der Waals surface area contributed by atoms with Gasteiger partial charge in [0.25, 0.3) is 0 Å². The summed E-state index contributed by atoms with van der Waals surface area (Å²) in [7, 11) is 0. The van der Waals surface area contributed by atoms with Crippen LogP contribution in [0.2, 0.25) is 0 Å². The summed E-state index contributed by atoms with van der Waals surface area (Å²) < 4.78 is 0. The van der Waals surface area contributed by atoms with Crippen molar-refractivity contribution in [3.63, 3.8) is 0 Å². The predicted molar refractivity (Wildman–Crippen MR) is 77.7 cm³/mol. The van der Waals surface area contributed by atoms with Crippen molar-refractivity contribution < 1.29 is 4.79 Å². The van der Waals surface area contributed by atoms with Crippen LogP contribution in [0.4, 0.5) is 0 Å². The van der Waals surface area contributed by atoms with Gasteiger partial charge in [0.15, 0.2) is 0 Å². The molecular formula is C15H18N2OS. The van der Waals surface area contributed by atoms with Gasteiger partial charge in [-0.05, 0) is 24.5 Å². The Balaban J connectivity index is 1.74. The molecular weight excluding hydrogens is 256 g/mol. The van der Waals surface area contributed by atoms with Crippen LogP contribution in [0.3, 0.4) is 0 Å². The second-order valence-electron chi connectivity index (χ2n) is 4.81. The average molecular weight is 274 g/mol. The number of thioether (sulfide) groups is 1. The molecule has 2 rings (SSSR count). The summed E-state index contributed by atoms with van der Waals surface area (Å²) in [5.74, 6) is 1.30. The number of nitrogens with one attached hydrogen (secondary N) is 1. The molecule has 1 amide bonds. The first-order valence-corrected chi connectivity index (χ1v) is 7.80. The number of carbonyl (C=O) groups is 1. The summed E-state index contributed by atoms with van der Waals surface area (Å²) in [6.07, 6.45) is 4.70. The smallest absolute Gasteiger partial charge is 0.230 e. The molecule has 0 atom stereocenters. The Morgan fingerprint density at radius 2 is 2.11 bits per heavy atom. The third-order valence-electron chi connectivity index (χ3n) is 3.35. The molecule has 1 saturated carbocycles. The lowest BCUT2D eigenvalue weighted by atomic mass is 10.1. The van der Waals surface area contributed by atoms with Gasteiger partial charge in [-0.2, -0.15) is 5.26 Å². The van der Waals surface area contributed by atoms with Crippen LogP contribution in [0.25, 0.3) is 0 Å². The van der Waals surface area contributed by atoms with E-state index >= 15 is 0 Å². The van der Waals surface area contributed by atoms with Crippen molar-refractivity contribution in [2.75, 3.05) is 5.75 Å². The second-order valence-corrected chi connectivity index (χ2v) is 5.80. The minimum Gasteiger partial charge on any atom is -0.353 e. The van der Waals surface area contributed by atoms with Crippen LogP contribution in [-0.2, 0) is 10.5 Å². The Morgan fingerprint density at radius 1 is 1.37 bits per heavy atom. The Morgan fingerprint density at radius 3 is 2.84 bits per heavy atom. The minimum absolute atomic E-state index is 0.117. The summed E-state index contributed by atoms with van der Waals surface area (Å²) in [4.78, 5) is 11.7. The number of amides is 1. The third-order valence-corrected chi connectivity index (χ3v) is 4.33. The largest absolute Gasteiger partial charge is 0.353 e. The summed E-state index contributed by atoms with van der Waals surface area (Å²) in [6, 6.07) is 10.1. The van der Waals surface area contributed by atoms with Gasteiger partial charge in [0, 0.05) is 11.8 Å². The molecule has 3 nitrogen and oxygen atoms in total. The fraction of sp³-hybridized carbons (Fsp3) is 0.467. The van der Waals surface area contributed by atoms with Crippen molar-refractivity contribution in [2.24, 2.45) is 0 Å². The van der Waals surface area contributed by atoms with Crippen molar-refractivity contribution in [1.82, 2.24) is 5.32 Å². The maximum atomic E-state index is 11.7. The molecule has 1 N–H and O–H groups in total. The van der Waals surface area contributed by atoms with Crippen molar-refractivity contribution in [1.29, 1.82) is 5.26 Å². The fourth-order valence-electron chi connectivity index (χ4n) is 2.35. The van der Waals surface area contributed by atoms with E-state index in [1.165, 1.54) is 12.8 Å². The second kappa shape index (κ2) is 7.20. The molecule has 1 fully saturated rings. The normalized spacial score (nSPS) is 15.1. The van der Waals surface area contributed by atoms with Crippen LogP contribution >= 0.6 is 11.8 Å². The Kier molecular flexibility index (Phi) is 5.29. The first-order valence-electron chi connectivity index (χ1n) is 6.64. The molecule has 0 aromatic heterocycles. The van der Waals surface area contributed by atoms with E-state index in [0.717, 1.165) is 18.4 Å². The highest BCUT2D eigenvalue weighted by atomic mass is 32.2. The summed E-state index contributed by atoms with van der Waals surface area (Å²) in [5, 5.41) is 12.0. The van der Waals surface area contributed by atoms with Crippen LogP contribution < -0.4 is 5.32 Å². The first kappa shape index (κ1) is 14.0. The van der Waals surface area contributed by atoms with Gasteiger partial charge in [0.2, 0.25) is 5.91 Å². The fourth-order valence-corrected chi connectivity index (χ4v) is 3.19. The first-order chi connectivity index (χ1) is 9.29. The lowest BCUT2D eigenvalue weighted by molar-refractivity contribution is -0.119. The predicted octanol–water partition coefficient (Wildman–Crippen LogP) is 2.85. The van der Waals surface area contributed by atoms with Crippen molar-refractivity contribution in [3.05, 3.63) is 35.4 Å². The number of carbonyl (C=O) groups excluding carboxylic acids is 1. The van der Waals surface area contributed by atoms with E-state index in [-0.39, 0.29) is 5.91 Å². The quantitative estimate of drug-likeness (QED) is 0.898. The van der Waals surface area contributed by atoms with Crippen LogP contribution in [0.5, 0.6) is 0 Å². The summed E-state index contributed by atoms with van der Waals surface area (Å²) >= 11 is 1.56. The van der Waals surface area contributed by atoms with Crippen molar-refractivity contribution in [3.8, 4) is 6.07 Å². The zero-order chi connectivity index (χ0) is 13.5. The Hall–Kier alpha value is -1.47. The number of nitrogens with zero attached hydrogens (tertiary/aromatic N) is 1. The van der Waals surface area contributed by atoms with Crippen molar-refractivity contribution >= 4 is 17.7 Å². The molecule has 19 heavy (non-hydrogen) atoms. The van der Waals surface area contributed by atoms with E-state index in [2.05, 4.69) is 11.4 Å². The molecule has 0 bridgehead atoms.